The third-order valence-corrected chi connectivity index (χ3v) is 5.01. The van der Waals surface area contributed by atoms with E-state index in [1.807, 2.05) is 50.2 Å². The van der Waals surface area contributed by atoms with Gasteiger partial charge in [0.25, 0.3) is 0 Å². The number of aryl methyl sites for hydroxylation is 2. The van der Waals surface area contributed by atoms with Gasteiger partial charge in [-0.25, -0.2) is 0 Å². The molecule has 0 unspecified atom stereocenters. The minimum atomic E-state index is -0.127. The van der Waals surface area contributed by atoms with Gasteiger partial charge < -0.3 is 10.6 Å². The van der Waals surface area contributed by atoms with E-state index in [1.165, 1.54) is 18.7 Å². The maximum Gasteiger partial charge on any atom is 0.234 e. The lowest BCUT2D eigenvalue weighted by Crippen LogP contribution is -2.16. The van der Waals surface area contributed by atoms with Crippen molar-refractivity contribution in [2.75, 3.05) is 16.4 Å². The van der Waals surface area contributed by atoms with Gasteiger partial charge in [-0.1, -0.05) is 12.1 Å². The van der Waals surface area contributed by atoms with Gasteiger partial charge in [0.1, 0.15) is 0 Å². The number of carbonyl (C=O) groups excluding carboxylic acids is 2. The molecule has 0 radical (unpaired) electrons. The van der Waals surface area contributed by atoms with Gasteiger partial charge in [0.15, 0.2) is 0 Å². The molecule has 0 saturated carbocycles. The minimum absolute atomic E-state index is 0.0648. The average molecular weight is 454 g/mol. The molecule has 6 heteroatoms. The summed E-state index contributed by atoms with van der Waals surface area (Å²) in [6, 6.07) is 11.6. The number of hydrogen-bond donors (Lipinski definition) is 2. The molecule has 0 aliphatic heterocycles. The van der Waals surface area contributed by atoms with Gasteiger partial charge >= 0.3 is 0 Å². The fourth-order valence-electron chi connectivity index (χ4n) is 2.31. The Morgan fingerprint density at radius 1 is 1.08 bits per heavy atom. The Kier molecular flexibility index (Phi) is 6.68. The maximum atomic E-state index is 12.3. The summed E-state index contributed by atoms with van der Waals surface area (Å²) in [6.07, 6.45) is 0. The van der Waals surface area contributed by atoms with Crippen LogP contribution in [0.1, 0.15) is 18.1 Å². The molecule has 0 aliphatic rings. The van der Waals surface area contributed by atoms with Gasteiger partial charge in [0.2, 0.25) is 11.8 Å². The maximum absolute atomic E-state index is 12.3. The van der Waals surface area contributed by atoms with Gasteiger partial charge in [-0.15, -0.1) is 11.8 Å². The van der Waals surface area contributed by atoms with E-state index in [2.05, 4.69) is 33.2 Å². The Labute approximate surface area is 159 Å². The van der Waals surface area contributed by atoms with Gasteiger partial charge in [-0.05, 0) is 71.8 Å². The summed E-state index contributed by atoms with van der Waals surface area (Å²) >= 11 is 3.67. The van der Waals surface area contributed by atoms with Crippen LogP contribution in [0.3, 0.4) is 0 Å². The first-order valence-corrected chi connectivity index (χ1v) is 9.49. The lowest BCUT2D eigenvalue weighted by molar-refractivity contribution is -0.114. The standard InChI is InChI=1S/C18H19IN2O2S/c1-11-8-14(19)9-12(2)18(11)21-17(23)10-24-16-7-5-4-6-15(16)20-13(3)22/h4-9H,10H2,1-3H3,(H,20,22)(H,21,23). The molecule has 0 spiro atoms. The molecule has 2 N–H and O–H groups in total. The Bertz CT molecular complexity index is 754. The van der Waals surface area contributed by atoms with Crippen molar-refractivity contribution in [1.82, 2.24) is 0 Å². The number of nitrogens with one attached hydrogen (secondary N) is 2. The van der Waals surface area contributed by atoms with Crippen LogP contribution in [-0.2, 0) is 9.59 Å². The number of para-hydroxylation sites is 1. The van der Waals surface area contributed by atoms with Crippen LogP contribution in [0.25, 0.3) is 0 Å². The van der Waals surface area contributed by atoms with E-state index >= 15 is 0 Å². The van der Waals surface area contributed by atoms with Crippen molar-refractivity contribution in [3.8, 4) is 0 Å². The van der Waals surface area contributed by atoms with Crippen LogP contribution in [0.5, 0.6) is 0 Å². The molecule has 0 aliphatic carbocycles. The smallest absolute Gasteiger partial charge is 0.234 e. The summed E-state index contributed by atoms with van der Waals surface area (Å²) in [4.78, 5) is 24.4. The van der Waals surface area contributed by atoms with Crippen LogP contribution < -0.4 is 10.6 Å². The Balaban J connectivity index is 2.03. The monoisotopic (exact) mass is 454 g/mol. The third-order valence-electron chi connectivity index (χ3n) is 3.32. The van der Waals surface area contributed by atoms with Gasteiger partial charge in [0.05, 0.1) is 11.4 Å². The van der Waals surface area contributed by atoms with E-state index in [0.717, 1.165) is 31.0 Å². The van der Waals surface area contributed by atoms with Crippen molar-refractivity contribution < 1.29 is 9.59 Å². The summed E-state index contributed by atoms with van der Waals surface area (Å²) in [5.41, 5.74) is 3.70. The zero-order valence-corrected chi connectivity index (χ0v) is 16.7. The molecule has 0 aromatic heterocycles. The quantitative estimate of drug-likeness (QED) is 0.513. The number of carbonyl (C=O) groups is 2. The zero-order valence-electron chi connectivity index (χ0n) is 13.8. The number of halogens is 1. The molecule has 0 fully saturated rings. The third kappa shape index (κ3) is 5.24. The summed E-state index contributed by atoms with van der Waals surface area (Å²) < 4.78 is 1.15. The zero-order chi connectivity index (χ0) is 17.7. The Morgan fingerprint density at radius 2 is 1.71 bits per heavy atom. The molecule has 0 bridgehead atoms. The molecule has 0 atom stereocenters. The first-order valence-electron chi connectivity index (χ1n) is 7.43. The molecule has 2 aromatic carbocycles. The summed E-state index contributed by atoms with van der Waals surface area (Å²) in [7, 11) is 0. The topological polar surface area (TPSA) is 58.2 Å². The van der Waals surface area contributed by atoms with Gasteiger partial charge in [-0.2, -0.15) is 0 Å². The highest BCUT2D eigenvalue weighted by atomic mass is 127. The number of hydrogen-bond acceptors (Lipinski definition) is 3. The first-order chi connectivity index (χ1) is 11.4. The molecule has 0 saturated heterocycles. The summed E-state index contributed by atoms with van der Waals surface area (Å²) in [6.45, 7) is 5.45. The molecular weight excluding hydrogens is 435 g/mol. The van der Waals surface area contributed by atoms with E-state index in [-0.39, 0.29) is 17.6 Å². The van der Waals surface area contributed by atoms with Crippen LogP contribution in [0.15, 0.2) is 41.3 Å². The molecular formula is C18H19IN2O2S. The summed E-state index contributed by atoms with van der Waals surface area (Å²) in [5.74, 6) is 0.0873. The van der Waals surface area contributed by atoms with E-state index in [9.17, 15) is 9.59 Å². The number of rotatable bonds is 5. The highest BCUT2D eigenvalue weighted by molar-refractivity contribution is 14.1. The second-order valence-electron chi connectivity index (χ2n) is 5.43. The predicted molar refractivity (Wildman–Crippen MR) is 109 cm³/mol. The van der Waals surface area contributed by atoms with E-state index in [1.54, 1.807) is 0 Å². The van der Waals surface area contributed by atoms with Crippen LogP contribution in [-0.4, -0.2) is 17.6 Å². The van der Waals surface area contributed by atoms with Crippen molar-refractivity contribution in [1.29, 1.82) is 0 Å². The van der Waals surface area contributed by atoms with Crippen molar-refractivity contribution >= 4 is 57.5 Å². The molecule has 2 aromatic rings. The average Bonchev–Trinajstić information content (AvgIpc) is 2.49. The van der Waals surface area contributed by atoms with Crippen LogP contribution in [0, 0.1) is 17.4 Å². The van der Waals surface area contributed by atoms with Crippen LogP contribution >= 0.6 is 34.4 Å². The number of benzene rings is 2. The molecule has 2 amide bonds. The SMILES string of the molecule is CC(=O)Nc1ccccc1SCC(=O)Nc1c(C)cc(I)cc1C. The van der Waals surface area contributed by atoms with Crippen LogP contribution in [0.2, 0.25) is 0 Å². The summed E-state index contributed by atoms with van der Waals surface area (Å²) in [5, 5.41) is 5.76. The second kappa shape index (κ2) is 8.53. The highest BCUT2D eigenvalue weighted by Gasteiger charge is 2.11. The van der Waals surface area contributed by atoms with E-state index in [0.29, 0.717) is 0 Å². The lowest BCUT2D eigenvalue weighted by atomic mass is 10.1. The van der Waals surface area contributed by atoms with Crippen LogP contribution in [0.4, 0.5) is 11.4 Å². The van der Waals surface area contributed by atoms with Crippen molar-refractivity contribution in [2.24, 2.45) is 0 Å². The van der Waals surface area contributed by atoms with E-state index in [4.69, 9.17) is 0 Å². The highest BCUT2D eigenvalue weighted by Crippen LogP contribution is 2.28. The number of anilines is 2. The number of thioether (sulfide) groups is 1. The largest absolute Gasteiger partial charge is 0.325 e. The van der Waals surface area contributed by atoms with Crippen molar-refractivity contribution in [3.63, 3.8) is 0 Å². The molecule has 4 nitrogen and oxygen atoms in total. The number of amides is 2. The van der Waals surface area contributed by atoms with Gasteiger partial charge in [-0.3, -0.25) is 9.59 Å². The Morgan fingerprint density at radius 3 is 2.33 bits per heavy atom. The molecule has 24 heavy (non-hydrogen) atoms. The molecule has 126 valence electrons. The predicted octanol–water partition coefficient (Wildman–Crippen LogP) is 4.60. The fourth-order valence-corrected chi connectivity index (χ4v) is 4.05. The van der Waals surface area contributed by atoms with E-state index < -0.39 is 0 Å². The van der Waals surface area contributed by atoms with Crippen molar-refractivity contribution in [3.05, 3.63) is 51.1 Å². The normalized spacial score (nSPS) is 10.3. The minimum Gasteiger partial charge on any atom is -0.325 e. The Hall–Kier alpha value is -1.54. The molecule has 2 rings (SSSR count). The van der Waals surface area contributed by atoms with Crippen molar-refractivity contribution in [2.45, 2.75) is 25.7 Å². The lowest BCUT2D eigenvalue weighted by Gasteiger charge is -2.13. The molecule has 0 heterocycles. The fraction of sp³-hybridized carbons (Fsp3) is 0.222. The second-order valence-corrected chi connectivity index (χ2v) is 7.69. The first kappa shape index (κ1) is 18.8. The van der Waals surface area contributed by atoms with Gasteiger partial charge in [0, 0.05) is 21.1 Å².